The number of hydrogen-bond donors (Lipinski definition) is 4. The van der Waals surface area contributed by atoms with Gasteiger partial charge in [-0.3, -0.25) is 29.0 Å². The molecule has 28 heavy (non-hydrogen) atoms. The van der Waals surface area contributed by atoms with E-state index in [4.69, 9.17) is 20.4 Å². The van der Waals surface area contributed by atoms with E-state index in [-0.39, 0.29) is 19.6 Å². The number of carboxylic acid groups (broad SMARTS) is 5. The molecule has 0 aliphatic carbocycles. The van der Waals surface area contributed by atoms with Crippen LogP contribution in [-0.4, -0.2) is 132 Å². The van der Waals surface area contributed by atoms with Crippen LogP contribution in [0.5, 0.6) is 0 Å². The molecule has 162 valence electrons. The molecule has 0 spiro atoms. The summed E-state index contributed by atoms with van der Waals surface area (Å²) in [7, 11) is 5.40. The summed E-state index contributed by atoms with van der Waals surface area (Å²) < 4.78 is 0.419. The minimum Gasteiger partial charge on any atom is -0.544 e. The Morgan fingerprint density at radius 2 is 0.929 bits per heavy atom. The van der Waals surface area contributed by atoms with E-state index in [0.717, 1.165) is 9.80 Å². The molecule has 0 rings (SSSR count). The second-order valence-electron chi connectivity index (χ2n) is 6.82. The Labute approximate surface area is 161 Å². The lowest BCUT2D eigenvalue weighted by atomic mass is 10.4. The molecule has 13 nitrogen and oxygen atoms in total. The van der Waals surface area contributed by atoms with Crippen molar-refractivity contribution in [2.24, 2.45) is 0 Å². The molecule has 4 N–H and O–H groups in total. The van der Waals surface area contributed by atoms with Crippen LogP contribution in [0.1, 0.15) is 0 Å². The molecule has 0 unspecified atom stereocenters. The highest BCUT2D eigenvalue weighted by Gasteiger charge is 2.18. The van der Waals surface area contributed by atoms with Gasteiger partial charge in [0, 0.05) is 13.1 Å². The maximum atomic E-state index is 10.6. The molecule has 0 aromatic carbocycles. The first-order valence-electron chi connectivity index (χ1n) is 7.94. The van der Waals surface area contributed by atoms with E-state index in [1.165, 1.54) is 0 Å². The van der Waals surface area contributed by atoms with E-state index in [9.17, 15) is 29.1 Å². The third-order valence-corrected chi connectivity index (χ3v) is 2.77. The molecule has 0 atom stereocenters. The quantitative estimate of drug-likeness (QED) is 0.218. The van der Waals surface area contributed by atoms with Crippen LogP contribution < -0.4 is 5.11 Å². The van der Waals surface area contributed by atoms with Gasteiger partial charge in [-0.05, 0) is 0 Å². The van der Waals surface area contributed by atoms with Gasteiger partial charge in [0.2, 0.25) is 0 Å². The topological polar surface area (TPSA) is 196 Å². The fourth-order valence-electron chi connectivity index (χ4n) is 1.86. The van der Waals surface area contributed by atoms with Gasteiger partial charge in [-0.15, -0.1) is 0 Å². The summed E-state index contributed by atoms with van der Waals surface area (Å²) >= 11 is 0. The van der Waals surface area contributed by atoms with E-state index in [2.05, 4.69) is 0 Å². The van der Waals surface area contributed by atoms with Crippen LogP contribution in [0.3, 0.4) is 0 Å². The number of aliphatic carboxylic acids is 5. The molecule has 0 heterocycles. The molecule has 0 aromatic rings. The van der Waals surface area contributed by atoms with Crippen LogP contribution in [0.25, 0.3) is 0 Å². The lowest BCUT2D eigenvalue weighted by molar-refractivity contribution is -0.864. The monoisotopic (exact) mass is 409 g/mol. The maximum absolute atomic E-state index is 10.6. The first kappa shape index (κ1) is 27.4. The molecular formula is C15H27N3O10. The molecule has 0 radical (unpaired) electrons. The standard InChI is InChI=1S/C10H16N2O8.C5H11NO2/c13-7(14)3-11(4-8(15)16)1-2-12(5-9(17)18)6-10(19)20;1-6(2,3)4-5(7)8/h1-6H2,(H,13,14)(H,15,16)(H,17,18)(H,19,20);4H2,1-3H3. The van der Waals surface area contributed by atoms with Crippen molar-refractivity contribution in [1.82, 2.24) is 9.80 Å². The number of nitrogens with zero attached hydrogens (tertiary/aromatic N) is 3. The zero-order valence-electron chi connectivity index (χ0n) is 16.0. The van der Waals surface area contributed by atoms with E-state index in [1.807, 2.05) is 0 Å². The number of quaternary nitrogens is 1. The van der Waals surface area contributed by atoms with E-state index >= 15 is 0 Å². The number of hydrogen-bond acceptors (Lipinski definition) is 8. The molecule has 0 saturated heterocycles. The van der Waals surface area contributed by atoms with Gasteiger partial charge < -0.3 is 34.8 Å². The van der Waals surface area contributed by atoms with E-state index in [1.54, 1.807) is 21.1 Å². The highest BCUT2D eigenvalue weighted by Crippen LogP contribution is 1.94. The van der Waals surface area contributed by atoms with Gasteiger partial charge in [0.25, 0.3) is 0 Å². The molecule has 0 aliphatic heterocycles. The summed E-state index contributed by atoms with van der Waals surface area (Å²) in [5.74, 6) is -5.91. The highest BCUT2D eigenvalue weighted by atomic mass is 16.4. The van der Waals surface area contributed by atoms with Crippen LogP contribution in [0, 0.1) is 0 Å². The predicted octanol–water partition coefficient (Wildman–Crippen LogP) is -3.63. The average molecular weight is 409 g/mol. The minimum atomic E-state index is -1.23. The number of carboxylic acids is 5. The second kappa shape index (κ2) is 13.4. The molecule has 0 fully saturated rings. The lowest BCUT2D eigenvalue weighted by Gasteiger charge is -2.23. The van der Waals surface area contributed by atoms with Crippen molar-refractivity contribution in [3.63, 3.8) is 0 Å². The van der Waals surface area contributed by atoms with Gasteiger partial charge in [0.1, 0.15) is 6.54 Å². The average Bonchev–Trinajstić information content (AvgIpc) is 2.39. The Kier molecular flexibility index (Phi) is 13.1. The SMILES string of the molecule is C[N+](C)(C)CC(=O)[O-].O=C(O)CN(CCN(CC(=O)O)CC(=O)O)CC(=O)O. The first-order chi connectivity index (χ1) is 12.6. The summed E-state index contributed by atoms with van der Waals surface area (Å²) in [4.78, 5) is 54.2. The van der Waals surface area contributed by atoms with Crippen LogP contribution in [-0.2, 0) is 24.0 Å². The number of carbonyl (C=O) groups is 5. The molecule has 0 amide bonds. The van der Waals surface area contributed by atoms with Gasteiger partial charge in [-0.2, -0.15) is 0 Å². The van der Waals surface area contributed by atoms with E-state index < -0.39 is 56.0 Å². The summed E-state index contributed by atoms with van der Waals surface area (Å²) in [6.45, 7) is -2.18. The molecular weight excluding hydrogens is 382 g/mol. The summed E-state index contributed by atoms with van der Waals surface area (Å²) in [5, 5.41) is 44.4. The Hall–Kier alpha value is -2.77. The van der Waals surface area contributed by atoms with Gasteiger partial charge in [0.05, 0.1) is 53.3 Å². The Balaban J connectivity index is 0. The fraction of sp³-hybridized carbons (Fsp3) is 0.667. The molecule has 0 aliphatic rings. The molecule has 13 heteroatoms. The molecule has 0 saturated carbocycles. The largest absolute Gasteiger partial charge is 0.544 e. The summed E-state index contributed by atoms with van der Waals surface area (Å²) in [6.07, 6.45) is 0. The van der Waals surface area contributed by atoms with Crippen molar-refractivity contribution < 1.29 is 54.0 Å². The van der Waals surface area contributed by atoms with Crippen LogP contribution >= 0.6 is 0 Å². The van der Waals surface area contributed by atoms with Crippen molar-refractivity contribution in [2.75, 3.05) is 67.0 Å². The smallest absolute Gasteiger partial charge is 0.317 e. The van der Waals surface area contributed by atoms with Crippen LogP contribution in [0.15, 0.2) is 0 Å². The second-order valence-corrected chi connectivity index (χ2v) is 6.82. The number of rotatable bonds is 13. The molecule has 0 bridgehead atoms. The fourth-order valence-corrected chi connectivity index (χ4v) is 1.86. The minimum absolute atomic E-state index is 0.0694. The Morgan fingerprint density at radius 3 is 1.04 bits per heavy atom. The normalized spacial score (nSPS) is 10.9. The summed E-state index contributed by atoms with van der Waals surface area (Å²) in [6, 6.07) is 0. The number of likely N-dealkylation sites (N-methyl/N-ethyl adjacent to an activating group) is 1. The number of carbonyl (C=O) groups excluding carboxylic acids is 1. The maximum Gasteiger partial charge on any atom is 0.317 e. The summed E-state index contributed by atoms with van der Waals surface area (Å²) in [5.41, 5.74) is 0. The van der Waals surface area contributed by atoms with Crippen molar-refractivity contribution >= 4 is 29.8 Å². The van der Waals surface area contributed by atoms with Crippen molar-refractivity contribution in [3.8, 4) is 0 Å². The third-order valence-electron chi connectivity index (χ3n) is 2.77. The Bertz CT molecular complexity index is 491. The van der Waals surface area contributed by atoms with Crippen molar-refractivity contribution in [1.29, 1.82) is 0 Å². The third kappa shape index (κ3) is 21.3. The zero-order valence-corrected chi connectivity index (χ0v) is 16.0. The van der Waals surface area contributed by atoms with Crippen molar-refractivity contribution in [3.05, 3.63) is 0 Å². The Morgan fingerprint density at radius 1 is 0.679 bits per heavy atom. The zero-order chi connectivity index (χ0) is 22.5. The van der Waals surface area contributed by atoms with Crippen LogP contribution in [0.4, 0.5) is 0 Å². The van der Waals surface area contributed by atoms with Gasteiger partial charge in [-0.1, -0.05) is 0 Å². The predicted molar refractivity (Wildman–Crippen MR) is 91.3 cm³/mol. The highest BCUT2D eigenvalue weighted by molar-refractivity contribution is 5.73. The van der Waals surface area contributed by atoms with Gasteiger partial charge in [-0.25, -0.2) is 0 Å². The van der Waals surface area contributed by atoms with E-state index in [0.29, 0.717) is 4.48 Å². The van der Waals surface area contributed by atoms with Gasteiger partial charge in [0.15, 0.2) is 0 Å². The molecule has 0 aromatic heterocycles. The van der Waals surface area contributed by atoms with Crippen LogP contribution in [0.2, 0.25) is 0 Å². The lowest BCUT2D eigenvalue weighted by Crippen LogP contribution is -2.45. The first-order valence-corrected chi connectivity index (χ1v) is 7.94. The van der Waals surface area contributed by atoms with Crippen molar-refractivity contribution in [2.45, 2.75) is 0 Å². The van der Waals surface area contributed by atoms with Gasteiger partial charge >= 0.3 is 23.9 Å².